The Hall–Kier alpha value is -2.56. The van der Waals surface area contributed by atoms with Crippen molar-refractivity contribution in [2.24, 2.45) is 0 Å². The Bertz CT molecular complexity index is 829. The molecule has 1 unspecified atom stereocenters. The van der Waals surface area contributed by atoms with Gasteiger partial charge in [-0.15, -0.1) is 0 Å². The van der Waals surface area contributed by atoms with Crippen LogP contribution in [0.15, 0.2) is 72.9 Å². The second-order valence-corrected chi connectivity index (χ2v) is 6.90. The molecule has 0 aliphatic heterocycles. The summed E-state index contributed by atoms with van der Waals surface area (Å²) in [5.41, 5.74) is 2.71. The number of pyridine rings is 1. The smallest absolute Gasteiger partial charge is 0.315 e. The van der Waals surface area contributed by atoms with E-state index >= 15 is 0 Å². The Kier molecular flexibility index (Phi) is 6.69. The fourth-order valence-electron chi connectivity index (χ4n) is 2.78. The van der Waals surface area contributed by atoms with Gasteiger partial charge in [0.1, 0.15) is 0 Å². The van der Waals surface area contributed by atoms with E-state index in [0.717, 1.165) is 16.8 Å². The first kappa shape index (κ1) is 19.2. The average Bonchev–Trinajstić information content (AvgIpc) is 2.67. The summed E-state index contributed by atoms with van der Waals surface area (Å²) in [4.78, 5) is 16.8. The van der Waals surface area contributed by atoms with Crippen molar-refractivity contribution in [1.82, 2.24) is 15.6 Å². The van der Waals surface area contributed by atoms with Gasteiger partial charge in [-0.3, -0.25) is 4.98 Å². The highest BCUT2D eigenvalue weighted by atomic mass is 35.5. The molecule has 0 saturated heterocycles. The van der Waals surface area contributed by atoms with Crippen LogP contribution in [0.2, 0.25) is 10.0 Å². The Morgan fingerprint density at radius 1 is 0.963 bits per heavy atom. The zero-order valence-electron chi connectivity index (χ0n) is 14.5. The SMILES string of the molecule is O=C(NCCc1cc(Cl)cc(Cl)c1)NC(c1ccccc1)c1ccccn1. The average molecular weight is 400 g/mol. The topological polar surface area (TPSA) is 54.0 Å². The second-order valence-electron chi connectivity index (χ2n) is 6.03. The largest absolute Gasteiger partial charge is 0.338 e. The molecule has 27 heavy (non-hydrogen) atoms. The predicted octanol–water partition coefficient (Wildman–Crippen LogP) is 5.02. The Balaban J connectivity index is 1.63. The van der Waals surface area contributed by atoms with Crippen molar-refractivity contribution < 1.29 is 4.79 Å². The summed E-state index contributed by atoms with van der Waals surface area (Å²) in [5, 5.41) is 7.04. The number of hydrogen-bond donors (Lipinski definition) is 2. The molecular formula is C21H19Cl2N3O. The highest BCUT2D eigenvalue weighted by Gasteiger charge is 2.17. The van der Waals surface area contributed by atoms with Gasteiger partial charge in [0.25, 0.3) is 0 Å². The van der Waals surface area contributed by atoms with Gasteiger partial charge in [-0.25, -0.2) is 4.79 Å². The molecule has 1 aromatic heterocycles. The Morgan fingerprint density at radius 2 is 1.67 bits per heavy atom. The molecular weight excluding hydrogens is 381 g/mol. The maximum Gasteiger partial charge on any atom is 0.315 e. The molecule has 3 aromatic rings. The summed E-state index contributed by atoms with van der Waals surface area (Å²) in [6, 6.07) is 20.2. The van der Waals surface area contributed by atoms with Gasteiger partial charge in [0.15, 0.2) is 0 Å². The van der Waals surface area contributed by atoms with E-state index in [1.165, 1.54) is 0 Å². The molecule has 0 aliphatic rings. The first-order valence-electron chi connectivity index (χ1n) is 8.57. The zero-order valence-corrected chi connectivity index (χ0v) is 16.0. The number of carbonyl (C=O) groups excluding carboxylic acids is 1. The van der Waals surface area contributed by atoms with Crippen molar-refractivity contribution in [3.63, 3.8) is 0 Å². The van der Waals surface area contributed by atoms with E-state index in [1.807, 2.05) is 60.7 Å². The normalized spacial score (nSPS) is 11.6. The standard InChI is InChI=1S/C21H19Cl2N3O/c22-17-12-15(13-18(23)14-17)9-11-25-21(27)26-20(16-6-2-1-3-7-16)19-8-4-5-10-24-19/h1-8,10,12-14,20H,9,11H2,(H2,25,26,27). The van der Waals surface area contributed by atoms with Crippen LogP contribution in [0.5, 0.6) is 0 Å². The monoisotopic (exact) mass is 399 g/mol. The molecule has 1 heterocycles. The number of nitrogens with zero attached hydrogens (tertiary/aromatic N) is 1. The number of benzene rings is 2. The lowest BCUT2D eigenvalue weighted by atomic mass is 10.0. The van der Waals surface area contributed by atoms with Crippen LogP contribution in [0.25, 0.3) is 0 Å². The lowest BCUT2D eigenvalue weighted by Crippen LogP contribution is -2.39. The highest BCUT2D eigenvalue weighted by Crippen LogP contribution is 2.20. The summed E-state index contributed by atoms with van der Waals surface area (Å²) in [6.07, 6.45) is 2.35. The first-order valence-corrected chi connectivity index (χ1v) is 9.32. The van der Waals surface area contributed by atoms with Crippen LogP contribution in [0.4, 0.5) is 4.79 Å². The molecule has 2 aromatic carbocycles. The van der Waals surface area contributed by atoms with Gasteiger partial charge in [0, 0.05) is 22.8 Å². The molecule has 0 fully saturated rings. The zero-order chi connectivity index (χ0) is 19.1. The number of rotatable bonds is 6. The fourth-order valence-corrected chi connectivity index (χ4v) is 3.35. The van der Waals surface area contributed by atoms with Crippen LogP contribution >= 0.6 is 23.2 Å². The number of aromatic nitrogens is 1. The van der Waals surface area contributed by atoms with Gasteiger partial charge in [-0.1, -0.05) is 59.6 Å². The number of carbonyl (C=O) groups is 1. The molecule has 0 spiro atoms. The van der Waals surface area contributed by atoms with Crippen LogP contribution < -0.4 is 10.6 Å². The Labute approximate surface area is 168 Å². The summed E-state index contributed by atoms with van der Waals surface area (Å²) >= 11 is 12.0. The minimum Gasteiger partial charge on any atom is -0.338 e. The molecule has 3 rings (SSSR count). The second kappa shape index (κ2) is 9.40. The van der Waals surface area contributed by atoms with E-state index in [9.17, 15) is 4.79 Å². The molecule has 2 N–H and O–H groups in total. The number of urea groups is 1. The highest BCUT2D eigenvalue weighted by molar-refractivity contribution is 6.34. The van der Waals surface area contributed by atoms with Crippen LogP contribution in [0, 0.1) is 0 Å². The van der Waals surface area contributed by atoms with E-state index in [4.69, 9.17) is 23.2 Å². The molecule has 1 atom stereocenters. The molecule has 0 saturated carbocycles. The molecule has 0 aliphatic carbocycles. The van der Waals surface area contributed by atoms with Gasteiger partial charge >= 0.3 is 6.03 Å². The van der Waals surface area contributed by atoms with Gasteiger partial charge in [-0.2, -0.15) is 0 Å². The van der Waals surface area contributed by atoms with Gasteiger partial charge in [-0.05, 0) is 47.9 Å². The molecule has 4 nitrogen and oxygen atoms in total. The molecule has 0 radical (unpaired) electrons. The van der Waals surface area contributed by atoms with E-state index < -0.39 is 0 Å². The summed E-state index contributed by atoms with van der Waals surface area (Å²) in [5.74, 6) is 0. The molecule has 2 amide bonds. The van der Waals surface area contributed by atoms with Crippen molar-refractivity contribution in [1.29, 1.82) is 0 Å². The number of nitrogens with one attached hydrogen (secondary N) is 2. The number of halogens is 2. The minimum atomic E-state index is -0.326. The third-order valence-corrected chi connectivity index (χ3v) is 4.45. The maximum absolute atomic E-state index is 12.4. The summed E-state index contributed by atoms with van der Waals surface area (Å²) in [6.45, 7) is 0.465. The lowest BCUT2D eigenvalue weighted by Gasteiger charge is -2.19. The van der Waals surface area contributed by atoms with Crippen LogP contribution in [0.1, 0.15) is 22.9 Å². The van der Waals surface area contributed by atoms with E-state index in [-0.39, 0.29) is 12.1 Å². The van der Waals surface area contributed by atoms with E-state index in [1.54, 1.807) is 12.3 Å². The minimum absolute atomic E-state index is 0.261. The molecule has 0 bridgehead atoms. The third kappa shape index (κ3) is 5.71. The van der Waals surface area contributed by atoms with Crippen molar-refractivity contribution in [2.45, 2.75) is 12.5 Å². The van der Waals surface area contributed by atoms with Gasteiger partial charge < -0.3 is 10.6 Å². The van der Waals surface area contributed by atoms with Crippen LogP contribution in [-0.4, -0.2) is 17.6 Å². The van der Waals surface area contributed by atoms with Crippen LogP contribution in [0.3, 0.4) is 0 Å². The summed E-state index contributed by atoms with van der Waals surface area (Å²) < 4.78 is 0. The van der Waals surface area contributed by atoms with Crippen molar-refractivity contribution in [3.05, 3.63) is 99.8 Å². The number of hydrogen-bond acceptors (Lipinski definition) is 2. The quantitative estimate of drug-likeness (QED) is 0.611. The fraction of sp³-hybridized carbons (Fsp3) is 0.143. The van der Waals surface area contributed by atoms with Crippen molar-refractivity contribution in [2.75, 3.05) is 6.54 Å². The van der Waals surface area contributed by atoms with Gasteiger partial charge in [0.05, 0.1) is 11.7 Å². The predicted molar refractivity (Wildman–Crippen MR) is 109 cm³/mol. The molecule has 138 valence electrons. The van der Waals surface area contributed by atoms with Crippen LogP contribution in [-0.2, 0) is 6.42 Å². The summed E-state index contributed by atoms with van der Waals surface area (Å²) in [7, 11) is 0. The van der Waals surface area contributed by atoms with E-state index in [0.29, 0.717) is 23.0 Å². The molecule has 6 heteroatoms. The maximum atomic E-state index is 12.4. The van der Waals surface area contributed by atoms with E-state index in [2.05, 4.69) is 15.6 Å². The first-order chi connectivity index (χ1) is 13.1. The lowest BCUT2D eigenvalue weighted by molar-refractivity contribution is 0.238. The van der Waals surface area contributed by atoms with Crippen molar-refractivity contribution in [3.8, 4) is 0 Å². The van der Waals surface area contributed by atoms with Crippen molar-refractivity contribution >= 4 is 29.2 Å². The van der Waals surface area contributed by atoms with Gasteiger partial charge in [0.2, 0.25) is 0 Å². The Morgan fingerprint density at radius 3 is 2.33 bits per heavy atom. The number of amides is 2. The third-order valence-electron chi connectivity index (χ3n) is 4.01.